The minimum atomic E-state index is 0.0626. The van der Waals surface area contributed by atoms with E-state index in [0.29, 0.717) is 5.69 Å². The molecule has 1 saturated carbocycles. The second-order valence-corrected chi connectivity index (χ2v) is 7.87. The lowest BCUT2D eigenvalue weighted by atomic mass is 10.1. The second-order valence-electron chi connectivity index (χ2n) is 6.67. The number of thiazole rings is 1. The molecule has 0 unspecified atom stereocenters. The molecule has 2 aromatic rings. The Morgan fingerprint density at radius 1 is 1.25 bits per heavy atom. The molecular weight excluding hydrogens is 322 g/mol. The van der Waals surface area contributed by atoms with Crippen molar-refractivity contribution < 1.29 is 9.21 Å². The van der Waals surface area contributed by atoms with Crippen LogP contribution in [0.5, 0.6) is 0 Å². The van der Waals surface area contributed by atoms with Gasteiger partial charge in [-0.1, -0.05) is 12.8 Å². The molecule has 0 bridgehead atoms. The van der Waals surface area contributed by atoms with Gasteiger partial charge in [0.1, 0.15) is 5.69 Å². The zero-order valence-corrected chi connectivity index (χ0v) is 14.8. The van der Waals surface area contributed by atoms with E-state index in [1.54, 1.807) is 6.26 Å². The highest BCUT2D eigenvalue weighted by Crippen LogP contribution is 2.29. The van der Waals surface area contributed by atoms with E-state index >= 15 is 0 Å². The van der Waals surface area contributed by atoms with Crippen LogP contribution in [0.25, 0.3) is 10.8 Å². The zero-order valence-electron chi connectivity index (χ0n) is 14.0. The maximum atomic E-state index is 12.9. The summed E-state index contributed by atoms with van der Waals surface area (Å²) < 4.78 is 5.40. The van der Waals surface area contributed by atoms with Crippen molar-refractivity contribution in [3.63, 3.8) is 0 Å². The van der Waals surface area contributed by atoms with Crippen LogP contribution in [0.2, 0.25) is 0 Å². The average molecular weight is 345 g/mol. The second kappa shape index (κ2) is 6.69. The van der Waals surface area contributed by atoms with Crippen LogP contribution < -0.4 is 0 Å². The van der Waals surface area contributed by atoms with Gasteiger partial charge in [-0.3, -0.25) is 9.69 Å². The van der Waals surface area contributed by atoms with Gasteiger partial charge in [-0.05, 0) is 31.9 Å². The van der Waals surface area contributed by atoms with Gasteiger partial charge in [-0.15, -0.1) is 11.3 Å². The van der Waals surface area contributed by atoms with Gasteiger partial charge < -0.3 is 9.32 Å². The number of amides is 1. The third-order valence-electron chi connectivity index (χ3n) is 5.17. The van der Waals surface area contributed by atoms with Crippen LogP contribution in [0.15, 0.2) is 22.8 Å². The normalized spacial score (nSPS) is 20.0. The molecule has 2 aromatic heterocycles. The van der Waals surface area contributed by atoms with Crippen LogP contribution in [-0.2, 0) is 0 Å². The van der Waals surface area contributed by atoms with Crippen molar-refractivity contribution in [2.24, 2.45) is 0 Å². The van der Waals surface area contributed by atoms with E-state index in [0.717, 1.165) is 47.9 Å². The predicted octanol–water partition coefficient (Wildman–Crippen LogP) is 3.41. The Kier molecular flexibility index (Phi) is 4.41. The Labute approximate surface area is 146 Å². The van der Waals surface area contributed by atoms with Crippen molar-refractivity contribution >= 4 is 17.2 Å². The largest absolute Gasteiger partial charge is 0.462 e. The Morgan fingerprint density at radius 3 is 2.67 bits per heavy atom. The molecule has 128 valence electrons. The third-order valence-corrected chi connectivity index (χ3v) is 6.16. The first-order valence-corrected chi connectivity index (χ1v) is 9.58. The molecule has 1 saturated heterocycles. The fourth-order valence-corrected chi connectivity index (χ4v) is 4.68. The Balaban J connectivity index is 1.43. The van der Waals surface area contributed by atoms with Gasteiger partial charge in [0.05, 0.1) is 6.26 Å². The quantitative estimate of drug-likeness (QED) is 0.855. The number of carbonyl (C=O) groups is 1. The number of carbonyl (C=O) groups excluding carboxylic acids is 1. The molecule has 2 fully saturated rings. The number of hydrogen-bond donors (Lipinski definition) is 0. The Hall–Kier alpha value is -1.66. The van der Waals surface area contributed by atoms with E-state index in [9.17, 15) is 4.79 Å². The van der Waals surface area contributed by atoms with E-state index in [2.05, 4.69) is 9.88 Å². The molecule has 0 spiro atoms. The molecule has 24 heavy (non-hydrogen) atoms. The van der Waals surface area contributed by atoms with Gasteiger partial charge in [0, 0.05) is 37.1 Å². The first-order valence-electron chi connectivity index (χ1n) is 8.77. The molecule has 1 amide bonds. The molecule has 2 aliphatic rings. The van der Waals surface area contributed by atoms with Crippen LogP contribution in [0, 0.1) is 6.92 Å². The maximum absolute atomic E-state index is 12.9. The third kappa shape index (κ3) is 3.00. The summed E-state index contributed by atoms with van der Waals surface area (Å²) in [5, 5.41) is 0.783. The molecule has 0 atom stereocenters. The van der Waals surface area contributed by atoms with Crippen molar-refractivity contribution in [1.82, 2.24) is 14.8 Å². The van der Waals surface area contributed by atoms with E-state index in [-0.39, 0.29) is 5.91 Å². The summed E-state index contributed by atoms with van der Waals surface area (Å²) in [6, 6.07) is 4.47. The van der Waals surface area contributed by atoms with Crippen molar-refractivity contribution in [3.05, 3.63) is 29.0 Å². The standard InChI is InChI=1S/C18H23N3O2S/c1-13-16(19-17(24-13)15-7-4-12-23-15)18(22)21-10-8-20(9-11-21)14-5-2-3-6-14/h4,7,12,14H,2-3,5-6,8-11H2,1H3. The highest BCUT2D eigenvalue weighted by atomic mass is 32.1. The van der Waals surface area contributed by atoms with Gasteiger partial charge in [0.2, 0.25) is 0 Å². The molecule has 1 aliphatic carbocycles. The topological polar surface area (TPSA) is 49.6 Å². The van der Waals surface area contributed by atoms with Crippen molar-refractivity contribution in [3.8, 4) is 10.8 Å². The monoisotopic (exact) mass is 345 g/mol. The van der Waals surface area contributed by atoms with Crippen LogP contribution in [0.3, 0.4) is 0 Å². The number of hydrogen-bond acceptors (Lipinski definition) is 5. The first kappa shape index (κ1) is 15.8. The maximum Gasteiger partial charge on any atom is 0.273 e. The molecular formula is C18H23N3O2S. The highest BCUT2D eigenvalue weighted by Gasteiger charge is 2.30. The van der Waals surface area contributed by atoms with Crippen molar-refractivity contribution in [2.45, 2.75) is 38.6 Å². The number of nitrogens with zero attached hydrogens (tertiary/aromatic N) is 3. The van der Waals surface area contributed by atoms with E-state index in [1.165, 1.54) is 37.0 Å². The Morgan fingerprint density at radius 2 is 2.00 bits per heavy atom. The average Bonchev–Trinajstić information content (AvgIpc) is 3.35. The van der Waals surface area contributed by atoms with Crippen LogP contribution in [-0.4, -0.2) is 52.9 Å². The van der Waals surface area contributed by atoms with Gasteiger partial charge in [-0.2, -0.15) is 0 Å². The molecule has 5 nitrogen and oxygen atoms in total. The molecule has 1 aliphatic heterocycles. The van der Waals surface area contributed by atoms with Gasteiger partial charge in [0.25, 0.3) is 5.91 Å². The summed E-state index contributed by atoms with van der Waals surface area (Å²) in [6.07, 6.45) is 7.00. The summed E-state index contributed by atoms with van der Waals surface area (Å²) in [5.41, 5.74) is 0.584. The number of rotatable bonds is 3. The van der Waals surface area contributed by atoms with Crippen molar-refractivity contribution in [2.75, 3.05) is 26.2 Å². The molecule has 0 radical (unpaired) electrons. The van der Waals surface area contributed by atoms with E-state index in [1.807, 2.05) is 24.0 Å². The number of aromatic nitrogens is 1. The molecule has 4 rings (SSSR count). The Bertz CT molecular complexity index is 696. The SMILES string of the molecule is Cc1sc(-c2ccco2)nc1C(=O)N1CCN(C2CCCC2)CC1. The minimum absolute atomic E-state index is 0.0626. The fraction of sp³-hybridized carbons (Fsp3) is 0.556. The number of furan rings is 1. The van der Waals surface area contributed by atoms with Gasteiger partial charge in [0.15, 0.2) is 10.8 Å². The predicted molar refractivity (Wildman–Crippen MR) is 94.3 cm³/mol. The molecule has 6 heteroatoms. The van der Waals surface area contributed by atoms with Crippen LogP contribution in [0.4, 0.5) is 0 Å². The lowest BCUT2D eigenvalue weighted by molar-refractivity contribution is 0.0568. The zero-order chi connectivity index (χ0) is 16.5. The van der Waals surface area contributed by atoms with Gasteiger partial charge >= 0.3 is 0 Å². The van der Waals surface area contributed by atoms with Gasteiger partial charge in [-0.25, -0.2) is 4.98 Å². The summed E-state index contributed by atoms with van der Waals surface area (Å²) in [5.74, 6) is 0.792. The summed E-state index contributed by atoms with van der Waals surface area (Å²) >= 11 is 1.52. The highest BCUT2D eigenvalue weighted by molar-refractivity contribution is 7.15. The number of piperazine rings is 1. The smallest absolute Gasteiger partial charge is 0.273 e. The van der Waals surface area contributed by atoms with Crippen LogP contribution >= 0.6 is 11.3 Å². The lowest BCUT2D eigenvalue weighted by Gasteiger charge is -2.37. The van der Waals surface area contributed by atoms with E-state index in [4.69, 9.17) is 4.42 Å². The minimum Gasteiger partial charge on any atom is -0.462 e. The fourth-order valence-electron chi connectivity index (χ4n) is 3.81. The molecule has 3 heterocycles. The summed E-state index contributed by atoms with van der Waals surface area (Å²) in [7, 11) is 0. The van der Waals surface area contributed by atoms with Crippen molar-refractivity contribution in [1.29, 1.82) is 0 Å². The molecule has 0 N–H and O–H groups in total. The number of aryl methyl sites for hydroxylation is 1. The lowest BCUT2D eigenvalue weighted by Crippen LogP contribution is -2.51. The summed E-state index contributed by atoms with van der Waals surface area (Å²) in [6.45, 7) is 5.56. The summed E-state index contributed by atoms with van der Waals surface area (Å²) in [4.78, 5) is 22.9. The molecule has 0 aromatic carbocycles. The van der Waals surface area contributed by atoms with E-state index < -0.39 is 0 Å². The van der Waals surface area contributed by atoms with Crippen LogP contribution in [0.1, 0.15) is 41.0 Å². The first-order chi connectivity index (χ1) is 11.7.